The number of rotatable bonds is 3. The van der Waals surface area contributed by atoms with Crippen LogP contribution in [0.1, 0.15) is 20.7 Å². The Labute approximate surface area is 139 Å². The third-order valence-electron chi connectivity index (χ3n) is 2.60. The molecule has 1 amide bonds. The number of hydrogen-bond acceptors (Lipinski definition) is 4. The van der Waals surface area contributed by atoms with E-state index in [9.17, 15) is 9.59 Å². The lowest BCUT2D eigenvalue weighted by Gasteiger charge is -2.11. The van der Waals surface area contributed by atoms with E-state index in [0.29, 0.717) is 15.7 Å². The van der Waals surface area contributed by atoms with E-state index in [4.69, 9.17) is 17.3 Å². The largest absolute Gasteiger partial charge is 0.478 e. The fourth-order valence-electron chi connectivity index (χ4n) is 1.64. The number of nitrogens with zero attached hydrogens (tertiary/aromatic N) is 1. The monoisotopic (exact) mass is 379 g/mol. The van der Waals surface area contributed by atoms with Crippen LogP contribution in [0.15, 0.2) is 47.2 Å². The maximum atomic E-state index is 12.0. The molecule has 0 aliphatic heterocycles. The number of nitrogens with one attached hydrogen (secondary N) is 2. The number of pyridine rings is 1. The van der Waals surface area contributed by atoms with Crippen molar-refractivity contribution in [3.05, 3.63) is 58.3 Å². The van der Waals surface area contributed by atoms with E-state index in [1.807, 2.05) is 0 Å². The lowest BCUT2D eigenvalue weighted by molar-refractivity contribution is 0.0698. The molecule has 0 bridgehead atoms. The minimum Gasteiger partial charge on any atom is -0.478 e. The molecule has 0 aliphatic carbocycles. The van der Waals surface area contributed by atoms with Crippen LogP contribution in [0.5, 0.6) is 0 Å². The fourth-order valence-corrected chi connectivity index (χ4v) is 2.21. The number of anilines is 1. The van der Waals surface area contributed by atoms with Crippen LogP contribution in [0.2, 0.25) is 0 Å². The molecule has 0 aliphatic rings. The molecule has 2 aromatic rings. The zero-order valence-electron chi connectivity index (χ0n) is 11.0. The molecule has 2 rings (SSSR count). The zero-order chi connectivity index (χ0) is 16.1. The smallest absolute Gasteiger partial charge is 0.337 e. The van der Waals surface area contributed by atoms with Crippen molar-refractivity contribution in [3.63, 3.8) is 0 Å². The van der Waals surface area contributed by atoms with E-state index in [1.165, 1.54) is 12.3 Å². The quantitative estimate of drug-likeness (QED) is 0.710. The number of amides is 1. The number of halogens is 1. The second-order valence-corrected chi connectivity index (χ2v) is 5.47. The topological polar surface area (TPSA) is 91.3 Å². The molecule has 1 aromatic heterocycles. The van der Waals surface area contributed by atoms with Gasteiger partial charge in [-0.1, -0.05) is 12.1 Å². The summed E-state index contributed by atoms with van der Waals surface area (Å²) in [4.78, 5) is 27.0. The van der Waals surface area contributed by atoms with Crippen LogP contribution in [-0.4, -0.2) is 27.1 Å². The Hall–Kier alpha value is -2.32. The highest BCUT2D eigenvalue weighted by molar-refractivity contribution is 9.10. The van der Waals surface area contributed by atoms with E-state index in [2.05, 4.69) is 31.5 Å². The van der Waals surface area contributed by atoms with Gasteiger partial charge in [-0.25, -0.2) is 4.79 Å². The van der Waals surface area contributed by atoms with E-state index in [0.717, 1.165) is 0 Å². The molecule has 0 saturated heterocycles. The summed E-state index contributed by atoms with van der Waals surface area (Å²) in [5, 5.41) is 14.2. The van der Waals surface area contributed by atoms with E-state index < -0.39 is 11.9 Å². The van der Waals surface area contributed by atoms with Gasteiger partial charge in [-0.15, -0.1) is 0 Å². The first-order valence-electron chi connectivity index (χ1n) is 6.02. The standard InChI is InChI=1S/C14H10BrN3O3S/c15-9-5-8(6-16-7-9)12(19)18-14(22)17-11-4-2-1-3-10(11)13(20)21/h1-7H,(H,20,21)(H2,17,18,19,22). The van der Waals surface area contributed by atoms with E-state index in [1.54, 1.807) is 30.5 Å². The molecule has 3 N–H and O–H groups in total. The van der Waals surface area contributed by atoms with Crippen LogP contribution in [0.3, 0.4) is 0 Å². The van der Waals surface area contributed by atoms with Crippen LogP contribution < -0.4 is 10.6 Å². The van der Waals surface area contributed by atoms with Gasteiger partial charge >= 0.3 is 5.97 Å². The van der Waals surface area contributed by atoms with Crippen LogP contribution >= 0.6 is 28.1 Å². The Bertz CT molecular complexity index is 752. The third kappa shape index (κ3) is 4.09. The predicted molar refractivity (Wildman–Crippen MR) is 89.0 cm³/mol. The number of thiocarbonyl (C=S) groups is 1. The molecule has 112 valence electrons. The van der Waals surface area contributed by atoms with Gasteiger partial charge in [0, 0.05) is 16.9 Å². The molecule has 0 saturated carbocycles. The Morgan fingerprint density at radius 1 is 1.23 bits per heavy atom. The van der Waals surface area contributed by atoms with Crippen molar-refractivity contribution in [3.8, 4) is 0 Å². The first-order chi connectivity index (χ1) is 10.5. The lowest BCUT2D eigenvalue weighted by Crippen LogP contribution is -2.34. The number of aromatic carboxylic acids is 1. The molecule has 0 radical (unpaired) electrons. The second kappa shape index (κ2) is 7.10. The van der Waals surface area contributed by atoms with Crippen molar-refractivity contribution in [2.75, 3.05) is 5.32 Å². The number of carboxylic acid groups (broad SMARTS) is 1. The number of aromatic nitrogens is 1. The molecule has 0 atom stereocenters. The number of carbonyl (C=O) groups excluding carboxylic acids is 1. The summed E-state index contributed by atoms with van der Waals surface area (Å²) in [6.45, 7) is 0. The fraction of sp³-hybridized carbons (Fsp3) is 0. The minimum absolute atomic E-state index is 0.00123. The number of hydrogen-bond donors (Lipinski definition) is 3. The maximum Gasteiger partial charge on any atom is 0.337 e. The lowest BCUT2D eigenvalue weighted by atomic mass is 10.2. The molecule has 0 fully saturated rings. The normalized spacial score (nSPS) is 9.86. The predicted octanol–water partition coefficient (Wildman–Crippen LogP) is 2.67. The molecule has 0 unspecified atom stereocenters. The minimum atomic E-state index is -1.09. The van der Waals surface area contributed by atoms with Crippen molar-refractivity contribution in [2.45, 2.75) is 0 Å². The summed E-state index contributed by atoms with van der Waals surface area (Å²) in [7, 11) is 0. The Morgan fingerprint density at radius 2 is 1.95 bits per heavy atom. The first-order valence-corrected chi connectivity index (χ1v) is 7.22. The van der Waals surface area contributed by atoms with Gasteiger partial charge < -0.3 is 10.4 Å². The van der Waals surface area contributed by atoms with Gasteiger partial charge in [0.05, 0.1) is 16.8 Å². The average molecular weight is 380 g/mol. The molecule has 0 spiro atoms. The van der Waals surface area contributed by atoms with Gasteiger partial charge in [0.25, 0.3) is 5.91 Å². The summed E-state index contributed by atoms with van der Waals surface area (Å²) in [6.07, 6.45) is 2.95. The van der Waals surface area contributed by atoms with E-state index >= 15 is 0 Å². The van der Waals surface area contributed by atoms with Crippen LogP contribution in [0.4, 0.5) is 5.69 Å². The Balaban J connectivity index is 2.08. The molecular formula is C14H10BrN3O3S. The summed E-state index contributed by atoms with van der Waals surface area (Å²) >= 11 is 8.24. The van der Waals surface area contributed by atoms with Gasteiger partial charge in [0.15, 0.2) is 5.11 Å². The molecule has 1 aromatic carbocycles. The van der Waals surface area contributed by atoms with Crippen molar-refractivity contribution < 1.29 is 14.7 Å². The summed E-state index contributed by atoms with van der Waals surface area (Å²) in [5.74, 6) is -1.53. The van der Waals surface area contributed by atoms with Gasteiger partial charge in [0.2, 0.25) is 0 Å². The first kappa shape index (κ1) is 16.1. The molecule has 6 nitrogen and oxygen atoms in total. The Morgan fingerprint density at radius 3 is 2.64 bits per heavy atom. The van der Waals surface area contributed by atoms with E-state index in [-0.39, 0.29) is 10.7 Å². The molecular weight excluding hydrogens is 370 g/mol. The van der Waals surface area contributed by atoms with Gasteiger partial charge in [0.1, 0.15) is 0 Å². The molecule has 22 heavy (non-hydrogen) atoms. The van der Waals surface area contributed by atoms with Crippen LogP contribution in [-0.2, 0) is 0 Å². The summed E-state index contributed by atoms with van der Waals surface area (Å²) < 4.78 is 0.662. The second-order valence-electron chi connectivity index (χ2n) is 4.15. The number of carbonyl (C=O) groups is 2. The highest BCUT2D eigenvalue weighted by atomic mass is 79.9. The van der Waals surface area contributed by atoms with Gasteiger partial charge in [-0.3, -0.25) is 15.1 Å². The van der Waals surface area contributed by atoms with Gasteiger partial charge in [-0.05, 0) is 46.3 Å². The summed E-state index contributed by atoms with van der Waals surface area (Å²) in [6, 6.07) is 7.85. The highest BCUT2D eigenvalue weighted by Gasteiger charge is 2.12. The van der Waals surface area contributed by atoms with Crippen molar-refractivity contribution in [1.82, 2.24) is 10.3 Å². The average Bonchev–Trinajstić information content (AvgIpc) is 2.47. The SMILES string of the molecule is O=C(NC(=S)Nc1ccccc1C(=O)O)c1cncc(Br)c1. The maximum absolute atomic E-state index is 12.0. The number of carboxylic acids is 1. The molecule has 1 heterocycles. The summed E-state index contributed by atoms with van der Waals surface area (Å²) in [5.41, 5.74) is 0.681. The number of para-hydroxylation sites is 1. The Kier molecular flexibility index (Phi) is 5.18. The van der Waals surface area contributed by atoms with Crippen LogP contribution in [0, 0.1) is 0 Å². The number of benzene rings is 1. The van der Waals surface area contributed by atoms with Crippen molar-refractivity contribution >= 4 is 50.8 Å². The van der Waals surface area contributed by atoms with Crippen molar-refractivity contribution in [1.29, 1.82) is 0 Å². The highest BCUT2D eigenvalue weighted by Crippen LogP contribution is 2.15. The third-order valence-corrected chi connectivity index (χ3v) is 3.24. The van der Waals surface area contributed by atoms with Crippen LogP contribution in [0.25, 0.3) is 0 Å². The van der Waals surface area contributed by atoms with Crippen molar-refractivity contribution in [2.24, 2.45) is 0 Å². The molecule has 8 heteroatoms. The van der Waals surface area contributed by atoms with Gasteiger partial charge in [-0.2, -0.15) is 0 Å². The zero-order valence-corrected chi connectivity index (χ0v) is 13.4.